The Bertz CT molecular complexity index is 540. The van der Waals surface area contributed by atoms with Crippen molar-refractivity contribution in [3.05, 3.63) is 12.7 Å². The van der Waals surface area contributed by atoms with E-state index in [0.29, 0.717) is 17.8 Å². The molecular weight excluding hydrogens is 240 g/mol. The molecule has 90 valence electrons. The third kappa shape index (κ3) is 2.38. The zero-order valence-electron chi connectivity index (χ0n) is 9.58. The molecule has 0 bridgehead atoms. The van der Waals surface area contributed by atoms with E-state index in [9.17, 15) is 4.79 Å². The maximum atomic E-state index is 11.4. The van der Waals surface area contributed by atoms with Gasteiger partial charge in [-0.15, -0.1) is 11.8 Å². The SMILES string of the molecule is CCOC(=O)Cn1cnc2c(SC)ncnc21. The van der Waals surface area contributed by atoms with Crippen LogP contribution in [-0.2, 0) is 16.1 Å². The van der Waals surface area contributed by atoms with Crippen molar-refractivity contribution in [3.8, 4) is 0 Å². The van der Waals surface area contributed by atoms with Crippen LogP contribution in [0.3, 0.4) is 0 Å². The fourth-order valence-corrected chi connectivity index (χ4v) is 1.96. The lowest BCUT2D eigenvalue weighted by Gasteiger charge is -2.03. The lowest BCUT2D eigenvalue weighted by Crippen LogP contribution is -2.13. The summed E-state index contributed by atoms with van der Waals surface area (Å²) >= 11 is 1.50. The number of thioether (sulfide) groups is 1. The van der Waals surface area contributed by atoms with E-state index >= 15 is 0 Å². The number of ether oxygens (including phenoxy) is 1. The summed E-state index contributed by atoms with van der Waals surface area (Å²) in [5.41, 5.74) is 1.36. The summed E-state index contributed by atoms with van der Waals surface area (Å²) in [7, 11) is 0. The second kappa shape index (κ2) is 5.13. The largest absolute Gasteiger partial charge is 0.465 e. The van der Waals surface area contributed by atoms with Crippen LogP contribution in [0.1, 0.15) is 6.92 Å². The molecule has 17 heavy (non-hydrogen) atoms. The molecule has 2 heterocycles. The van der Waals surface area contributed by atoms with Crippen molar-refractivity contribution < 1.29 is 9.53 Å². The minimum atomic E-state index is -0.295. The molecule has 2 aromatic rings. The lowest BCUT2D eigenvalue weighted by atomic mass is 10.5. The van der Waals surface area contributed by atoms with Crippen LogP contribution in [0.15, 0.2) is 17.7 Å². The Kier molecular flexibility index (Phi) is 3.58. The average molecular weight is 252 g/mol. The molecule has 0 saturated heterocycles. The van der Waals surface area contributed by atoms with Gasteiger partial charge in [0, 0.05) is 0 Å². The molecule has 0 spiro atoms. The van der Waals surface area contributed by atoms with Gasteiger partial charge in [0.2, 0.25) is 0 Å². The number of carbonyl (C=O) groups excluding carboxylic acids is 1. The number of carbonyl (C=O) groups is 1. The average Bonchev–Trinajstić information content (AvgIpc) is 2.73. The first-order valence-corrected chi connectivity index (χ1v) is 6.34. The van der Waals surface area contributed by atoms with E-state index in [1.54, 1.807) is 17.8 Å². The summed E-state index contributed by atoms with van der Waals surface area (Å²) in [6, 6.07) is 0. The third-order valence-electron chi connectivity index (χ3n) is 2.17. The predicted octanol–water partition coefficient (Wildman–Crippen LogP) is 1.11. The first kappa shape index (κ1) is 11.8. The zero-order valence-corrected chi connectivity index (χ0v) is 10.4. The fraction of sp³-hybridized carbons (Fsp3) is 0.400. The minimum Gasteiger partial charge on any atom is -0.465 e. The lowest BCUT2D eigenvalue weighted by molar-refractivity contribution is -0.143. The molecule has 0 N–H and O–H groups in total. The molecule has 6 nitrogen and oxygen atoms in total. The summed E-state index contributed by atoms with van der Waals surface area (Å²) in [6.07, 6.45) is 4.97. The van der Waals surface area contributed by atoms with Gasteiger partial charge in [-0.05, 0) is 13.2 Å². The normalized spacial score (nSPS) is 10.7. The van der Waals surface area contributed by atoms with E-state index in [-0.39, 0.29) is 12.5 Å². The number of imidazole rings is 1. The Labute approximate surface area is 102 Å². The van der Waals surface area contributed by atoms with Crippen LogP contribution in [0, 0.1) is 0 Å². The highest BCUT2D eigenvalue weighted by atomic mass is 32.2. The third-order valence-corrected chi connectivity index (χ3v) is 2.85. The molecule has 0 fully saturated rings. The highest BCUT2D eigenvalue weighted by Crippen LogP contribution is 2.20. The van der Waals surface area contributed by atoms with Gasteiger partial charge in [-0.25, -0.2) is 15.0 Å². The van der Waals surface area contributed by atoms with E-state index in [2.05, 4.69) is 15.0 Å². The van der Waals surface area contributed by atoms with E-state index in [1.807, 2.05) is 6.26 Å². The van der Waals surface area contributed by atoms with Crippen molar-refractivity contribution in [2.45, 2.75) is 18.5 Å². The molecule has 0 aliphatic carbocycles. The molecule has 0 unspecified atom stereocenters. The molecule has 2 aromatic heterocycles. The predicted molar refractivity (Wildman–Crippen MR) is 63.7 cm³/mol. The Balaban J connectivity index is 2.33. The molecule has 0 aliphatic rings. The van der Waals surface area contributed by atoms with Crippen molar-refractivity contribution in [1.29, 1.82) is 0 Å². The number of nitrogens with zero attached hydrogens (tertiary/aromatic N) is 4. The van der Waals surface area contributed by atoms with Crippen molar-refractivity contribution in [1.82, 2.24) is 19.5 Å². The van der Waals surface area contributed by atoms with Gasteiger partial charge >= 0.3 is 5.97 Å². The van der Waals surface area contributed by atoms with E-state index in [4.69, 9.17) is 4.74 Å². The van der Waals surface area contributed by atoms with Gasteiger partial charge in [-0.3, -0.25) is 4.79 Å². The monoisotopic (exact) mass is 252 g/mol. The number of hydrogen-bond donors (Lipinski definition) is 0. The summed E-state index contributed by atoms with van der Waals surface area (Å²) in [4.78, 5) is 23.8. The number of hydrogen-bond acceptors (Lipinski definition) is 6. The van der Waals surface area contributed by atoms with Crippen LogP contribution in [0.4, 0.5) is 0 Å². The highest BCUT2D eigenvalue weighted by Gasteiger charge is 2.11. The molecule has 0 aliphatic heterocycles. The number of rotatable bonds is 4. The molecular formula is C10H12N4O2S. The summed E-state index contributed by atoms with van der Waals surface area (Å²) in [6.45, 7) is 2.27. The second-order valence-corrected chi connectivity index (χ2v) is 4.03. The van der Waals surface area contributed by atoms with Crippen LogP contribution in [0.5, 0.6) is 0 Å². The smallest absolute Gasteiger partial charge is 0.326 e. The number of aromatic nitrogens is 4. The first-order valence-electron chi connectivity index (χ1n) is 5.11. The second-order valence-electron chi connectivity index (χ2n) is 3.23. The molecule has 0 amide bonds. The van der Waals surface area contributed by atoms with Crippen LogP contribution < -0.4 is 0 Å². The maximum absolute atomic E-state index is 11.4. The van der Waals surface area contributed by atoms with Crippen LogP contribution in [-0.4, -0.2) is 38.4 Å². The van der Waals surface area contributed by atoms with Crippen LogP contribution in [0.25, 0.3) is 11.2 Å². The summed E-state index contributed by atoms with van der Waals surface area (Å²) < 4.78 is 6.55. The highest BCUT2D eigenvalue weighted by molar-refractivity contribution is 7.98. The Morgan fingerprint density at radius 2 is 2.29 bits per heavy atom. The Hall–Kier alpha value is -1.63. The fourth-order valence-electron chi connectivity index (χ4n) is 1.47. The van der Waals surface area contributed by atoms with Crippen LogP contribution in [0.2, 0.25) is 0 Å². The first-order chi connectivity index (χ1) is 8.26. The molecule has 0 atom stereocenters. The standard InChI is InChI=1S/C10H12N4O2S/c1-3-16-7(15)4-14-6-13-8-9(14)11-5-12-10(8)17-2/h5-6H,3-4H2,1-2H3. The Morgan fingerprint density at radius 1 is 1.47 bits per heavy atom. The van der Waals surface area contributed by atoms with E-state index in [0.717, 1.165) is 5.03 Å². The van der Waals surface area contributed by atoms with Gasteiger partial charge in [0.15, 0.2) is 5.65 Å². The topological polar surface area (TPSA) is 69.9 Å². The van der Waals surface area contributed by atoms with Gasteiger partial charge in [0.25, 0.3) is 0 Å². The van der Waals surface area contributed by atoms with Gasteiger partial charge in [0.05, 0.1) is 12.9 Å². The Morgan fingerprint density at radius 3 is 3.00 bits per heavy atom. The van der Waals surface area contributed by atoms with Crippen molar-refractivity contribution in [2.75, 3.05) is 12.9 Å². The number of fused-ring (bicyclic) bond motifs is 1. The molecule has 0 aromatic carbocycles. The quantitative estimate of drug-likeness (QED) is 0.461. The van der Waals surface area contributed by atoms with Gasteiger partial charge in [-0.1, -0.05) is 0 Å². The minimum absolute atomic E-state index is 0.120. The van der Waals surface area contributed by atoms with E-state index < -0.39 is 0 Å². The maximum Gasteiger partial charge on any atom is 0.326 e. The molecule has 0 radical (unpaired) electrons. The van der Waals surface area contributed by atoms with Crippen LogP contribution >= 0.6 is 11.8 Å². The molecule has 0 saturated carbocycles. The van der Waals surface area contributed by atoms with Crippen molar-refractivity contribution in [3.63, 3.8) is 0 Å². The zero-order chi connectivity index (χ0) is 12.3. The number of esters is 1. The molecule has 7 heteroatoms. The van der Waals surface area contributed by atoms with Gasteiger partial charge in [0.1, 0.15) is 23.4 Å². The summed E-state index contributed by atoms with van der Waals surface area (Å²) in [5.74, 6) is -0.295. The van der Waals surface area contributed by atoms with Gasteiger partial charge in [-0.2, -0.15) is 0 Å². The summed E-state index contributed by atoms with van der Waals surface area (Å²) in [5, 5.41) is 0.803. The van der Waals surface area contributed by atoms with Crippen molar-refractivity contribution in [2.24, 2.45) is 0 Å². The van der Waals surface area contributed by atoms with Gasteiger partial charge < -0.3 is 9.30 Å². The van der Waals surface area contributed by atoms with E-state index in [1.165, 1.54) is 18.1 Å². The van der Waals surface area contributed by atoms with Crippen molar-refractivity contribution >= 4 is 28.9 Å². The molecule has 2 rings (SSSR count).